The molecule has 144 valence electrons. The third kappa shape index (κ3) is 4.79. The fraction of sp³-hybridized carbons (Fsp3) is 0.647. The van der Waals surface area contributed by atoms with Crippen molar-refractivity contribution in [3.05, 3.63) is 26.4 Å². The van der Waals surface area contributed by atoms with Gasteiger partial charge >= 0.3 is 11.9 Å². The van der Waals surface area contributed by atoms with Crippen molar-refractivity contribution in [2.75, 3.05) is 13.1 Å². The lowest BCUT2D eigenvalue weighted by Crippen LogP contribution is -2.49. The second-order valence-electron chi connectivity index (χ2n) is 6.68. The van der Waals surface area contributed by atoms with Crippen molar-refractivity contribution in [1.82, 2.24) is 4.90 Å². The van der Waals surface area contributed by atoms with E-state index in [1.165, 1.54) is 56.2 Å². The van der Waals surface area contributed by atoms with Crippen LogP contribution in [0.1, 0.15) is 56.2 Å². The van der Waals surface area contributed by atoms with Gasteiger partial charge in [0.15, 0.2) is 0 Å². The van der Waals surface area contributed by atoms with Crippen molar-refractivity contribution in [3.8, 4) is 0 Å². The number of carbonyl (C=O) groups is 2. The van der Waals surface area contributed by atoms with Crippen molar-refractivity contribution in [3.63, 3.8) is 0 Å². The first-order valence-corrected chi connectivity index (χ1v) is 9.69. The van der Waals surface area contributed by atoms with Crippen molar-refractivity contribution in [2.24, 2.45) is 0 Å². The molecule has 1 aromatic heterocycles. The molecule has 2 N–H and O–H groups in total. The average molecular weight is 384 g/mol. The van der Waals surface area contributed by atoms with Crippen LogP contribution in [0.3, 0.4) is 0 Å². The Hall–Kier alpha value is -2.00. The lowest BCUT2D eigenvalue weighted by molar-refractivity contribution is -0.384. The molecule has 2 aliphatic rings. The van der Waals surface area contributed by atoms with Crippen LogP contribution in [-0.2, 0) is 15.1 Å². The van der Waals surface area contributed by atoms with Crippen LogP contribution in [0.4, 0.5) is 5.69 Å². The molecule has 3 rings (SSSR count). The van der Waals surface area contributed by atoms with Gasteiger partial charge in [-0.15, -0.1) is 11.3 Å². The first kappa shape index (κ1) is 20.3. The van der Waals surface area contributed by atoms with Crippen molar-refractivity contribution >= 4 is 29.0 Å². The van der Waals surface area contributed by atoms with E-state index in [0.29, 0.717) is 0 Å². The maximum Gasteiger partial charge on any atom is 0.414 e. The number of aliphatic carboxylic acids is 2. The third-order valence-corrected chi connectivity index (χ3v) is 6.19. The van der Waals surface area contributed by atoms with E-state index in [1.807, 2.05) is 6.07 Å². The molecule has 0 amide bonds. The van der Waals surface area contributed by atoms with Crippen LogP contribution in [0, 0.1) is 10.1 Å². The first-order chi connectivity index (χ1) is 12.4. The number of carboxylic acid groups (broad SMARTS) is 2. The molecule has 0 spiro atoms. The normalized spacial score (nSPS) is 19.8. The van der Waals surface area contributed by atoms with Gasteiger partial charge in [-0.25, -0.2) is 9.59 Å². The lowest BCUT2D eigenvalue weighted by atomic mass is 9.78. The number of nitro groups is 1. The second kappa shape index (κ2) is 9.09. The number of thiophene rings is 1. The van der Waals surface area contributed by atoms with E-state index in [2.05, 4.69) is 4.90 Å². The molecule has 2 heterocycles. The monoisotopic (exact) mass is 384 g/mol. The molecule has 9 heteroatoms. The summed E-state index contributed by atoms with van der Waals surface area (Å²) in [7, 11) is 0. The Balaban J connectivity index is 0.000000352. The standard InChI is InChI=1S/C15H22N2O2S.C2H2O4/c18-17(19)13-11-14(20-12-13)15(7-3-1-4-8-15)16-9-5-2-6-10-16;3-1(4)2(5)6/h11-12H,1-10H2;(H,3,4)(H,5,6). The van der Waals surface area contributed by atoms with Gasteiger partial charge in [-0.05, 0) is 38.8 Å². The lowest BCUT2D eigenvalue weighted by Gasteiger charge is -2.47. The molecule has 1 saturated carbocycles. The minimum Gasteiger partial charge on any atom is -0.473 e. The van der Waals surface area contributed by atoms with Gasteiger partial charge in [0.25, 0.3) is 5.69 Å². The zero-order chi connectivity index (χ0) is 19.2. The number of hydrogen-bond donors (Lipinski definition) is 2. The van der Waals surface area contributed by atoms with Gasteiger partial charge in [0.1, 0.15) is 0 Å². The molecule has 0 unspecified atom stereocenters. The van der Waals surface area contributed by atoms with E-state index in [4.69, 9.17) is 19.8 Å². The summed E-state index contributed by atoms with van der Waals surface area (Å²) in [6.45, 7) is 2.32. The molecule has 1 aliphatic carbocycles. The van der Waals surface area contributed by atoms with Gasteiger partial charge in [0, 0.05) is 10.9 Å². The maximum atomic E-state index is 11.0. The molecule has 0 atom stereocenters. The molecule has 1 aliphatic heterocycles. The van der Waals surface area contributed by atoms with Crippen molar-refractivity contribution in [2.45, 2.75) is 56.9 Å². The molecular formula is C17H24N2O6S. The van der Waals surface area contributed by atoms with E-state index < -0.39 is 11.9 Å². The SMILES string of the molecule is O=C(O)C(=O)O.O=[N+]([O-])c1csc(C2(N3CCCCC3)CCCCC2)c1. The summed E-state index contributed by atoms with van der Waals surface area (Å²) in [4.78, 5) is 32.8. The van der Waals surface area contributed by atoms with Gasteiger partial charge < -0.3 is 10.2 Å². The Morgan fingerprint density at radius 1 is 1.04 bits per heavy atom. The third-order valence-electron chi connectivity index (χ3n) is 5.08. The van der Waals surface area contributed by atoms with Crippen LogP contribution in [-0.4, -0.2) is 45.1 Å². The second-order valence-corrected chi connectivity index (χ2v) is 7.59. The van der Waals surface area contributed by atoms with Crippen molar-refractivity contribution < 1.29 is 24.7 Å². The molecular weight excluding hydrogens is 360 g/mol. The predicted molar refractivity (Wildman–Crippen MR) is 96.4 cm³/mol. The zero-order valence-corrected chi connectivity index (χ0v) is 15.4. The van der Waals surface area contributed by atoms with Crippen LogP contribution in [0.15, 0.2) is 11.4 Å². The Labute approximate surface area is 155 Å². The van der Waals surface area contributed by atoms with Crippen LogP contribution in [0.5, 0.6) is 0 Å². The fourth-order valence-electron chi connectivity index (χ4n) is 3.84. The van der Waals surface area contributed by atoms with E-state index in [9.17, 15) is 10.1 Å². The summed E-state index contributed by atoms with van der Waals surface area (Å²) < 4.78 is 0. The summed E-state index contributed by atoms with van der Waals surface area (Å²) in [5.41, 5.74) is 0.365. The predicted octanol–water partition coefficient (Wildman–Crippen LogP) is 3.46. The summed E-state index contributed by atoms with van der Waals surface area (Å²) in [6.07, 6.45) is 10.0. The zero-order valence-electron chi connectivity index (χ0n) is 14.6. The number of hydrogen-bond acceptors (Lipinski definition) is 6. The van der Waals surface area contributed by atoms with Crippen molar-refractivity contribution in [1.29, 1.82) is 0 Å². The number of carboxylic acids is 2. The smallest absolute Gasteiger partial charge is 0.414 e. The maximum absolute atomic E-state index is 11.0. The Morgan fingerprint density at radius 3 is 2.04 bits per heavy atom. The van der Waals surface area contributed by atoms with Gasteiger partial charge in [-0.3, -0.25) is 15.0 Å². The van der Waals surface area contributed by atoms with E-state index >= 15 is 0 Å². The molecule has 1 aromatic rings. The number of rotatable bonds is 3. The highest BCUT2D eigenvalue weighted by molar-refractivity contribution is 7.10. The van der Waals surface area contributed by atoms with Crippen LogP contribution in [0.2, 0.25) is 0 Å². The van der Waals surface area contributed by atoms with Crippen LogP contribution in [0.25, 0.3) is 0 Å². The Bertz CT molecular complexity index is 635. The highest BCUT2D eigenvalue weighted by atomic mass is 32.1. The van der Waals surface area contributed by atoms with E-state index in [1.54, 1.807) is 16.7 Å². The highest BCUT2D eigenvalue weighted by Gasteiger charge is 2.41. The Morgan fingerprint density at radius 2 is 1.58 bits per heavy atom. The number of piperidine rings is 1. The molecule has 1 saturated heterocycles. The quantitative estimate of drug-likeness (QED) is 0.465. The molecule has 8 nitrogen and oxygen atoms in total. The van der Waals surface area contributed by atoms with E-state index in [-0.39, 0.29) is 16.1 Å². The molecule has 0 aromatic carbocycles. The Kier molecular flexibility index (Phi) is 7.10. The van der Waals surface area contributed by atoms with Gasteiger partial charge in [0.05, 0.1) is 15.8 Å². The molecule has 26 heavy (non-hydrogen) atoms. The minimum absolute atomic E-state index is 0.0948. The summed E-state index contributed by atoms with van der Waals surface area (Å²) in [5.74, 6) is -3.65. The first-order valence-electron chi connectivity index (χ1n) is 8.81. The average Bonchev–Trinajstić information content (AvgIpc) is 3.14. The largest absolute Gasteiger partial charge is 0.473 e. The van der Waals surface area contributed by atoms with E-state index in [0.717, 1.165) is 13.1 Å². The minimum atomic E-state index is -1.82. The topological polar surface area (TPSA) is 121 Å². The van der Waals surface area contributed by atoms with Gasteiger partial charge in [0.2, 0.25) is 0 Å². The summed E-state index contributed by atoms with van der Waals surface area (Å²) in [6, 6.07) is 1.84. The number of nitrogens with zero attached hydrogens (tertiary/aromatic N) is 2. The molecule has 0 radical (unpaired) electrons. The molecule has 2 fully saturated rings. The summed E-state index contributed by atoms with van der Waals surface area (Å²) >= 11 is 1.59. The van der Waals surface area contributed by atoms with Gasteiger partial charge in [-0.1, -0.05) is 25.7 Å². The highest BCUT2D eigenvalue weighted by Crippen LogP contribution is 2.46. The van der Waals surface area contributed by atoms with Crippen LogP contribution < -0.4 is 0 Å². The number of likely N-dealkylation sites (tertiary alicyclic amines) is 1. The fourth-order valence-corrected chi connectivity index (χ4v) is 4.99. The summed E-state index contributed by atoms with van der Waals surface area (Å²) in [5, 5.41) is 27.5. The molecule has 0 bridgehead atoms. The van der Waals surface area contributed by atoms with Crippen LogP contribution >= 0.6 is 11.3 Å². The van der Waals surface area contributed by atoms with Gasteiger partial charge in [-0.2, -0.15) is 0 Å².